The number of likely N-dealkylation sites (N-methyl/N-ethyl adjacent to an activating group) is 1. The van der Waals surface area contributed by atoms with Crippen LogP contribution in [-0.2, 0) is 0 Å². The molecular weight excluding hydrogens is 188 g/mol. The minimum Gasteiger partial charge on any atom is -0.495 e. The maximum absolute atomic E-state index is 5.36. The molecule has 0 bridgehead atoms. The molecule has 1 aliphatic heterocycles. The molecule has 1 aliphatic rings. The number of anilines is 2. The fraction of sp³-hybridized carbons (Fsp3) is 0.500. The molecule has 2 rings (SSSR count). The first-order chi connectivity index (χ1) is 7.15. The van der Waals surface area contributed by atoms with Crippen LogP contribution in [0.15, 0.2) is 18.2 Å². The summed E-state index contributed by atoms with van der Waals surface area (Å²) < 4.78 is 5.36. The SMILES string of the molecule is COc1cccc2c1NC(C)C(C)N2C. The summed E-state index contributed by atoms with van der Waals surface area (Å²) >= 11 is 0. The van der Waals surface area contributed by atoms with Gasteiger partial charge in [-0.15, -0.1) is 0 Å². The van der Waals surface area contributed by atoms with E-state index in [4.69, 9.17) is 4.74 Å². The van der Waals surface area contributed by atoms with Gasteiger partial charge in [0.05, 0.1) is 12.8 Å². The highest BCUT2D eigenvalue weighted by molar-refractivity contribution is 5.79. The van der Waals surface area contributed by atoms with Crippen molar-refractivity contribution in [2.75, 3.05) is 24.4 Å². The molecule has 0 spiro atoms. The van der Waals surface area contributed by atoms with Crippen LogP contribution < -0.4 is 15.0 Å². The van der Waals surface area contributed by atoms with E-state index in [2.05, 4.69) is 37.2 Å². The number of benzene rings is 1. The Morgan fingerprint density at radius 1 is 1.33 bits per heavy atom. The first-order valence-electron chi connectivity index (χ1n) is 5.31. The van der Waals surface area contributed by atoms with Gasteiger partial charge in [-0.25, -0.2) is 0 Å². The van der Waals surface area contributed by atoms with Crippen LogP contribution in [0.2, 0.25) is 0 Å². The number of fused-ring (bicyclic) bond motifs is 1. The van der Waals surface area contributed by atoms with Crippen molar-refractivity contribution in [2.24, 2.45) is 0 Å². The second kappa shape index (κ2) is 3.65. The summed E-state index contributed by atoms with van der Waals surface area (Å²) in [5.41, 5.74) is 2.31. The standard InChI is InChI=1S/C12H18N2O/c1-8-9(2)14(3)10-6-5-7-11(15-4)12(10)13-8/h5-9,13H,1-4H3. The molecule has 1 heterocycles. The average Bonchev–Trinajstić information content (AvgIpc) is 2.25. The third kappa shape index (κ3) is 1.52. The van der Waals surface area contributed by atoms with Crippen LogP contribution in [0.1, 0.15) is 13.8 Å². The van der Waals surface area contributed by atoms with Crippen molar-refractivity contribution in [2.45, 2.75) is 25.9 Å². The van der Waals surface area contributed by atoms with E-state index in [1.54, 1.807) is 7.11 Å². The number of hydrogen-bond acceptors (Lipinski definition) is 3. The summed E-state index contributed by atoms with van der Waals surface area (Å²) in [6.07, 6.45) is 0. The molecule has 1 aromatic carbocycles. The highest BCUT2D eigenvalue weighted by Gasteiger charge is 2.27. The summed E-state index contributed by atoms with van der Waals surface area (Å²) in [6.45, 7) is 4.41. The summed E-state index contributed by atoms with van der Waals surface area (Å²) in [6, 6.07) is 7.05. The Bertz CT molecular complexity index is 365. The Hall–Kier alpha value is -1.38. The number of nitrogens with one attached hydrogen (secondary N) is 1. The smallest absolute Gasteiger partial charge is 0.144 e. The molecule has 3 nitrogen and oxygen atoms in total. The summed E-state index contributed by atoms with van der Waals surface area (Å²) in [5, 5.41) is 3.49. The van der Waals surface area contributed by atoms with Crippen molar-refractivity contribution in [3.8, 4) is 5.75 Å². The minimum atomic E-state index is 0.429. The van der Waals surface area contributed by atoms with E-state index in [0.29, 0.717) is 12.1 Å². The normalized spacial score (nSPS) is 24.4. The topological polar surface area (TPSA) is 24.5 Å². The fourth-order valence-electron chi connectivity index (χ4n) is 2.03. The van der Waals surface area contributed by atoms with E-state index in [9.17, 15) is 0 Å². The summed E-state index contributed by atoms with van der Waals surface area (Å²) in [7, 11) is 3.83. The van der Waals surface area contributed by atoms with Crippen LogP contribution in [0.5, 0.6) is 5.75 Å². The van der Waals surface area contributed by atoms with Gasteiger partial charge in [-0.05, 0) is 26.0 Å². The maximum atomic E-state index is 5.36. The Kier molecular flexibility index (Phi) is 2.47. The van der Waals surface area contributed by atoms with Gasteiger partial charge in [0, 0.05) is 19.1 Å². The van der Waals surface area contributed by atoms with Gasteiger partial charge in [0.1, 0.15) is 11.4 Å². The third-order valence-corrected chi connectivity index (χ3v) is 3.31. The molecule has 1 aromatic rings. The van der Waals surface area contributed by atoms with Gasteiger partial charge in [-0.1, -0.05) is 6.07 Å². The lowest BCUT2D eigenvalue weighted by molar-refractivity contribution is 0.414. The molecule has 82 valence electrons. The molecule has 0 aromatic heterocycles. The van der Waals surface area contributed by atoms with Gasteiger partial charge >= 0.3 is 0 Å². The molecule has 0 radical (unpaired) electrons. The Labute approximate surface area is 91.0 Å². The summed E-state index contributed by atoms with van der Waals surface area (Å²) in [4.78, 5) is 2.29. The van der Waals surface area contributed by atoms with Gasteiger partial charge in [0.25, 0.3) is 0 Å². The van der Waals surface area contributed by atoms with Crippen molar-refractivity contribution >= 4 is 11.4 Å². The lowest BCUT2D eigenvalue weighted by Gasteiger charge is -2.39. The van der Waals surface area contributed by atoms with Crippen molar-refractivity contribution in [1.82, 2.24) is 0 Å². The van der Waals surface area contributed by atoms with Crippen LogP contribution in [-0.4, -0.2) is 26.2 Å². The van der Waals surface area contributed by atoms with E-state index in [1.807, 2.05) is 12.1 Å². The van der Waals surface area contributed by atoms with E-state index in [1.165, 1.54) is 5.69 Å². The predicted molar refractivity (Wildman–Crippen MR) is 63.9 cm³/mol. The third-order valence-electron chi connectivity index (χ3n) is 3.31. The van der Waals surface area contributed by atoms with Crippen LogP contribution in [0.25, 0.3) is 0 Å². The van der Waals surface area contributed by atoms with Gasteiger partial charge in [-0.2, -0.15) is 0 Å². The monoisotopic (exact) mass is 206 g/mol. The largest absolute Gasteiger partial charge is 0.495 e. The van der Waals surface area contributed by atoms with E-state index in [-0.39, 0.29) is 0 Å². The molecule has 0 saturated carbocycles. The van der Waals surface area contributed by atoms with Crippen LogP contribution in [0.4, 0.5) is 11.4 Å². The molecule has 2 unspecified atom stereocenters. The molecule has 1 N–H and O–H groups in total. The van der Waals surface area contributed by atoms with Crippen molar-refractivity contribution in [3.05, 3.63) is 18.2 Å². The molecule has 3 heteroatoms. The summed E-state index contributed by atoms with van der Waals surface area (Å²) in [5.74, 6) is 0.915. The number of para-hydroxylation sites is 1. The highest BCUT2D eigenvalue weighted by Crippen LogP contribution is 2.39. The Morgan fingerprint density at radius 2 is 2.07 bits per heavy atom. The molecule has 15 heavy (non-hydrogen) atoms. The predicted octanol–water partition coefficient (Wildman–Crippen LogP) is 2.33. The van der Waals surface area contributed by atoms with Crippen LogP contribution in [0.3, 0.4) is 0 Å². The number of hydrogen-bond donors (Lipinski definition) is 1. The average molecular weight is 206 g/mol. The van der Waals surface area contributed by atoms with Gasteiger partial charge in [-0.3, -0.25) is 0 Å². The molecule has 0 amide bonds. The number of ether oxygens (including phenoxy) is 1. The van der Waals surface area contributed by atoms with Gasteiger partial charge in [0.15, 0.2) is 0 Å². The van der Waals surface area contributed by atoms with Crippen molar-refractivity contribution < 1.29 is 4.74 Å². The Morgan fingerprint density at radius 3 is 2.73 bits per heavy atom. The lowest BCUT2D eigenvalue weighted by Crippen LogP contribution is -2.45. The highest BCUT2D eigenvalue weighted by atomic mass is 16.5. The second-order valence-electron chi connectivity index (χ2n) is 4.14. The lowest BCUT2D eigenvalue weighted by atomic mass is 10.0. The molecule has 0 fully saturated rings. The van der Waals surface area contributed by atoms with Crippen molar-refractivity contribution in [3.63, 3.8) is 0 Å². The maximum Gasteiger partial charge on any atom is 0.144 e. The Balaban J connectivity index is 2.49. The van der Waals surface area contributed by atoms with E-state index >= 15 is 0 Å². The van der Waals surface area contributed by atoms with E-state index in [0.717, 1.165) is 11.4 Å². The van der Waals surface area contributed by atoms with Crippen LogP contribution in [0, 0.1) is 0 Å². The van der Waals surface area contributed by atoms with E-state index < -0.39 is 0 Å². The number of rotatable bonds is 1. The quantitative estimate of drug-likeness (QED) is 0.763. The molecule has 2 atom stereocenters. The fourth-order valence-corrected chi connectivity index (χ4v) is 2.03. The zero-order valence-corrected chi connectivity index (χ0v) is 9.74. The first-order valence-corrected chi connectivity index (χ1v) is 5.31. The number of nitrogens with zero attached hydrogens (tertiary/aromatic N) is 1. The zero-order valence-electron chi connectivity index (χ0n) is 9.74. The molecule has 0 saturated heterocycles. The first kappa shape index (κ1) is 10.1. The minimum absolute atomic E-state index is 0.429. The van der Waals surface area contributed by atoms with Gasteiger partial charge in [0.2, 0.25) is 0 Å². The van der Waals surface area contributed by atoms with Gasteiger partial charge < -0.3 is 15.0 Å². The number of methoxy groups -OCH3 is 1. The zero-order chi connectivity index (χ0) is 11.0. The molecular formula is C12H18N2O. The van der Waals surface area contributed by atoms with Crippen LogP contribution >= 0.6 is 0 Å². The molecule has 0 aliphatic carbocycles. The second-order valence-corrected chi connectivity index (χ2v) is 4.14. The van der Waals surface area contributed by atoms with Crippen molar-refractivity contribution in [1.29, 1.82) is 0 Å².